The SMILES string of the molecule is CCCCCCCCCCCCCCCC(=O)N[C@@H](C)C(=O)O.NCCCCC(N)C(=O)O. The summed E-state index contributed by atoms with van der Waals surface area (Å²) in [5.41, 5.74) is 10.4. The topological polar surface area (TPSA) is 156 Å². The van der Waals surface area contributed by atoms with Gasteiger partial charge >= 0.3 is 11.9 Å². The van der Waals surface area contributed by atoms with Gasteiger partial charge in [0.2, 0.25) is 5.91 Å². The number of aliphatic carboxylic acids is 2. The highest BCUT2D eigenvalue weighted by Crippen LogP contribution is 2.12. The molecule has 7 N–H and O–H groups in total. The molecule has 0 fully saturated rings. The largest absolute Gasteiger partial charge is 0.480 e. The quantitative estimate of drug-likeness (QED) is 0.153. The number of carboxylic acid groups (broad SMARTS) is 2. The van der Waals surface area contributed by atoms with E-state index in [1.165, 1.54) is 77.6 Å². The molecule has 0 rings (SSSR count). The molecule has 0 aliphatic heterocycles. The summed E-state index contributed by atoms with van der Waals surface area (Å²) >= 11 is 0. The lowest BCUT2D eigenvalue weighted by atomic mass is 10.0. The van der Waals surface area contributed by atoms with Gasteiger partial charge in [0.05, 0.1) is 0 Å². The van der Waals surface area contributed by atoms with Crippen molar-refractivity contribution in [3.8, 4) is 0 Å². The molecule has 0 aromatic carbocycles. The summed E-state index contributed by atoms with van der Waals surface area (Å²) in [6.45, 7) is 4.35. The highest BCUT2D eigenvalue weighted by Gasteiger charge is 2.13. The molecule has 0 saturated carbocycles. The molecule has 0 aliphatic carbocycles. The number of carbonyl (C=O) groups is 3. The van der Waals surface area contributed by atoms with Crippen LogP contribution in [0.4, 0.5) is 0 Å². The Morgan fingerprint density at radius 1 is 0.727 bits per heavy atom. The van der Waals surface area contributed by atoms with Crippen LogP contribution in [0.2, 0.25) is 0 Å². The molecule has 8 heteroatoms. The van der Waals surface area contributed by atoms with Gasteiger partial charge in [-0.15, -0.1) is 0 Å². The van der Waals surface area contributed by atoms with E-state index in [1.807, 2.05) is 0 Å². The molecule has 0 aromatic rings. The zero-order chi connectivity index (χ0) is 25.3. The van der Waals surface area contributed by atoms with E-state index in [0.717, 1.165) is 25.7 Å². The highest BCUT2D eigenvalue weighted by atomic mass is 16.4. The molecule has 0 radical (unpaired) electrons. The van der Waals surface area contributed by atoms with Crippen molar-refractivity contribution in [1.29, 1.82) is 0 Å². The Hall–Kier alpha value is -1.67. The fraction of sp³-hybridized carbons (Fsp3) is 0.880. The van der Waals surface area contributed by atoms with Crippen molar-refractivity contribution in [3.63, 3.8) is 0 Å². The van der Waals surface area contributed by atoms with Gasteiger partial charge in [0.1, 0.15) is 12.1 Å². The van der Waals surface area contributed by atoms with Gasteiger partial charge in [-0.1, -0.05) is 90.4 Å². The first-order chi connectivity index (χ1) is 15.8. The van der Waals surface area contributed by atoms with Crippen LogP contribution in [0.1, 0.15) is 123 Å². The van der Waals surface area contributed by atoms with E-state index < -0.39 is 24.0 Å². The Balaban J connectivity index is 0. The van der Waals surface area contributed by atoms with Crippen LogP contribution in [0.15, 0.2) is 0 Å². The van der Waals surface area contributed by atoms with Crippen molar-refractivity contribution in [2.75, 3.05) is 6.54 Å². The number of unbranched alkanes of at least 4 members (excludes halogenated alkanes) is 13. The van der Waals surface area contributed by atoms with E-state index in [9.17, 15) is 14.4 Å². The maximum Gasteiger partial charge on any atom is 0.325 e. The van der Waals surface area contributed by atoms with Crippen LogP contribution in [0, 0.1) is 0 Å². The highest BCUT2D eigenvalue weighted by molar-refractivity contribution is 5.83. The second-order valence-electron chi connectivity index (χ2n) is 8.85. The molecule has 33 heavy (non-hydrogen) atoms. The Labute approximate surface area is 201 Å². The molecule has 0 saturated heterocycles. The summed E-state index contributed by atoms with van der Waals surface area (Å²) in [6.07, 6.45) is 19.2. The first kappa shape index (κ1) is 33.5. The summed E-state index contributed by atoms with van der Waals surface area (Å²) in [4.78, 5) is 32.2. The lowest BCUT2D eigenvalue weighted by Crippen LogP contribution is -2.38. The number of amides is 1. The van der Waals surface area contributed by atoms with Gasteiger partial charge in [-0.25, -0.2) is 0 Å². The monoisotopic (exact) mass is 473 g/mol. The number of carbonyl (C=O) groups excluding carboxylic acids is 1. The first-order valence-electron chi connectivity index (χ1n) is 13.0. The van der Waals surface area contributed by atoms with Crippen molar-refractivity contribution < 1.29 is 24.6 Å². The molecule has 0 heterocycles. The van der Waals surface area contributed by atoms with Crippen LogP contribution in [-0.4, -0.2) is 46.7 Å². The number of rotatable bonds is 21. The molecule has 0 aliphatic rings. The van der Waals surface area contributed by atoms with Gasteiger partial charge in [-0.05, 0) is 32.7 Å². The number of hydrogen-bond acceptors (Lipinski definition) is 5. The summed E-state index contributed by atoms with van der Waals surface area (Å²) in [5, 5.41) is 19.5. The number of nitrogens with one attached hydrogen (secondary N) is 1. The molecule has 1 unspecified atom stereocenters. The Bertz CT molecular complexity index is 489. The van der Waals surface area contributed by atoms with Crippen molar-refractivity contribution in [1.82, 2.24) is 5.32 Å². The van der Waals surface area contributed by atoms with Gasteiger partial charge in [-0.3, -0.25) is 14.4 Å². The normalized spacial score (nSPS) is 12.4. The molecular formula is C25H51N3O5. The molecule has 8 nitrogen and oxygen atoms in total. The van der Waals surface area contributed by atoms with E-state index >= 15 is 0 Å². The van der Waals surface area contributed by atoms with E-state index in [0.29, 0.717) is 19.4 Å². The first-order valence-corrected chi connectivity index (χ1v) is 13.0. The lowest BCUT2D eigenvalue weighted by Gasteiger charge is -2.08. The summed E-state index contributed by atoms with van der Waals surface area (Å²) < 4.78 is 0. The maximum absolute atomic E-state index is 11.5. The molecule has 1 amide bonds. The van der Waals surface area contributed by atoms with Crippen molar-refractivity contribution >= 4 is 17.8 Å². The second kappa shape index (κ2) is 25.0. The van der Waals surface area contributed by atoms with E-state index in [2.05, 4.69) is 12.2 Å². The maximum atomic E-state index is 11.5. The molecular weight excluding hydrogens is 422 g/mol. The number of nitrogens with two attached hydrogens (primary N) is 2. The Morgan fingerprint density at radius 3 is 1.58 bits per heavy atom. The van der Waals surface area contributed by atoms with E-state index in [1.54, 1.807) is 0 Å². The Morgan fingerprint density at radius 2 is 1.18 bits per heavy atom. The minimum absolute atomic E-state index is 0.150. The third-order valence-electron chi connectivity index (χ3n) is 5.54. The van der Waals surface area contributed by atoms with Gasteiger partial charge in [0.25, 0.3) is 0 Å². The van der Waals surface area contributed by atoms with Gasteiger partial charge in [0.15, 0.2) is 0 Å². The van der Waals surface area contributed by atoms with Crippen LogP contribution < -0.4 is 16.8 Å². The van der Waals surface area contributed by atoms with Crippen LogP contribution >= 0.6 is 0 Å². The standard InChI is InChI=1S/C19H37NO3.C6H14N2O2/c1-3-4-5-6-7-8-9-10-11-12-13-14-15-16-18(21)20-17(2)19(22)23;7-4-2-1-3-5(8)6(9)10/h17H,3-16H2,1-2H3,(H,20,21)(H,22,23);5H,1-4,7-8H2,(H,9,10)/t17-;/m0./s1. The van der Waals surface area contributed by atoms with Crippen molar-refractivity contribution in [2.45, 2.75) is 135 Å². The third-order valence-corrected chi connectivity index (χ3v) is 5.54. The zero-order valence-electron chi connectivity index (χ0n) is 21.2. The fourth-order valence-corrected chi connectivity index (χ4v) is 3.31. The van der Waals surface area contributed by atoms with Crippen molar-refractivity contribution in [2.24, 2.45) is 11.5 Å². The summed E-state index contributed by atoms with van der Waals surface area (Å²) in [7, 11) is 0. The number of carboxylic acids is 2. The Kier molecular flexibility index (Phi) is 25.3. The van der Waals surface area contributed by atoms with E-state index in [4.69, 9.17) is 21.7 Å². The van der Waals surface area contributed by atoms with Gasteiger partial charge < -0.3 is 27.0 Å². The van der Waals surface area contributed by atoms with Gasteiger partial charge in [-0.2, -0.15) is 0 Å². The smallest absolute Gasteiger partial charge is 0.325 e. The molecule has 2 atom stereocenters. The fourth-order valence-electron chi connectivity index (χ4n) is 3.31. The minimum Gasteiger partial charge on any atom is -0.480 e. The second-order valence-corrected chi connectivity index (χ2v) is 8.85. The van der Waals surface area contributed by atoms with Crippen LogP contribution in [-0.2, 0) is 14.4 Å². The predicted molar refractivity (Wildman–Crippen MR) is 134 cm³/mol. The van der Waals surface area contributed by atoms with Crippen molar-refractivity contribution in [3.05, 3.63) is 0 Å². The van der Waals surface area contributed by atoms with Crippen LogP contribution in [0.25, 0.3) is 0 Å². The number of hydrogen-bond donors (Lipinski definition) is 5. The van der Waals surface area contributed by atoms with Gasteiger partial charge in [0, 0.05) is 6.42 Å². The zero-order valence-corrected chi connectivity index (χ0v) is 21.2. The summed E-state index contributed by atoms with van der Waals surface area (Å²) in [6, 6.07) is -1.50. The predicted octanol–water partition coefficient (Wildman–Crippen LogP) is 4.58. The molecule has 0 aromatic heterocycles. The van der Waals surface area contributed by atoms with Crippen LogP contribution in [0.5, 0.6) is 0 Å². The summed E-state index contributed by atoms with van der Waals surface area (Å²) in [5.74, 6) is -2.07. The molecule has 0 bridgehead atoms. The average molecular weight is 474 g/mol. The molecule has 196 valence electrons. The average Bonchev–Trinajstić information content (AvgIpc) is 2.77. The van der Waals surface area contributed by atoms with E-state index in [-0.39, 0.29) is 5.91 Å². The third kappa shape index (κ3) is 26.5. The lowest BCUT2D eigenvalue weighted by molar-refractivity contribution is -0.141. The molecule has 0 spiro atoms. The van der Waals surface area contributed by atoms with Crippen LogP contribution in [0.3, 0.4) is 0 Å². The minimum atomic E-state index is -0.983.